The molecule has 0 atom stereocenters. The molecule has 3 heterocycles. The number of guanidine groups is 1. The summed E-state index contributed by atoms with van der Waals surface area (Å²) < 4.78 is 21.0. The Bertz CT molecular complexity index is 1000. The minimum atomic E-state index is -0.218. The third-order valence-electron chi connectivity index (χ3n) is 5.61. The van der Waals surface area contributed by atoms with E-state index in [9.17, 15) is 4.39 Å². The molecule has 1 fully saturated rings. The molecule has 1 aromatic carbocycles. The number of rotatable bonds is 6. The first-order valence-electron chi connectivity index (χ1n) is 10.3. The van der Waals surface area contributed by atoms with Crippen molar-refractivity contribution in [1.29, 1.82) is 0 Å². The van der Waals surface area contributed by atoms with Crippen molar-refractivity contribution in [3.8, 4) is 0 Å². The van der Waals surface area contributed by atoms with Crippen LogP contribution in [0.5, 0.6) is 0 Å². The number of aromatic nitrogens is 3. The lowest BCUT2D eigenvalue weighted by Crippen LogP contribution is -2.48. The molecule has 1 aliphatic heterocycles. The van der Waals surface area contributed by atoms with Gasteiger partial charge in [0.15, 0.2) is 17.4 Å². The Morgan fingerprint density at radius 2 is 1.90 bits per heavy atom. The zero-order chi connectivity index (χ0) is 20.8. The predicted molar refractivity (Wildman–Crippen MR) is 129 cm³/mol. The normalized spacial score (nSPS) is 16.0. The Morgan fingerprint density at radius 1 is 1.13 bits per heavy atom. The van der Waals surface area contributed by atoms with Gasteiger partial charge in [-0.3, -0.25) is 4.40 Å². The smallest absolute Gasteiger partial charge is 0.191 e. The molecular weight excluding hydrogens is 510 g/mol. The van der Waals surface area contributed by atoms with E-state index in [0.717, 1.165) is 42.4 Å². The number of hydrogen-bond donors (Lipinski definition) is 2. The van der Waals surface area contributed by atoms with Crippen molar-refractivity contribution in [3.63, 3.8) is 0 Å². The SMILES string of the molecule is CCNC(=NCc1nnc2ccccn12)NCC1(c2ccc(F)cc2)CCOCC1.I. The van der Waals surface area contributed by atoms with Gasteiger partial charge in [-0.15, -0.1) is 34.2 Å². The van der Waals surface area contributed by atoms with Crippen LogP contribution in [0.4, 0.5) is 4.39 Å². The van der Waals surface area contributed by atoms with E-state index in [1.54, 1.807) is 0 Å². The number of nitrogens with zero attached hydrogens (tertiary/aromatic N) is 4. The third kappa shape index (κ3) is 5.51. The van der Waals surface area contributed by atoms with Gasteiger partial charge in [-0.1, -0.05) is 18.2 Å². The summed E-state index contributed by atoms with van der Waals surface area (Å²) in [5.74, 6) is 1.28. The van der Waals surface area contributed by atoms with E-state index in [4.69, 9.17) is 9.73 Å². The Morgan fingerprint density at radius 3 is 2.65 bits per heavy atom. The molecule has 1 saturated heterocycles. The van der Waals surface area contributed by atoms with E-state index < -0.39 is 0 Å². The Kier molecular flexibility index (Phi) is 8.19. The highest BCUT2D eigenvalue weighted by Crippen LogP contribution is 2.34. The average molecular weight is 538 g/mol. The van der Waals surface area contributed by atoms with Gasteiger partial charge in [0.05, 0.1) is 0 Å². The minimum absolute atomic E-state index is 0. The van der Waals surface area contributed by atoms with Gasteiger partial charge in [0.1, 0.15) is 12.4 Å². The van der Waals surface area contributed by atoms with E-state index in [1.165, 1.54) is 12.1 Å². The number of fused-ring (bicyclic) bond motifs is 1. The predicted octanol–water partition coefficient (Wildman–Crippen LogP) is 3.29. The van der Waals surface area contributed by atoms with Gasteiger partial charge in [0.2, 0.25) is 0 Å². The summed E-state index contributed by atoms with van der Waals surface area (Å²) in [6, 6.07) is 12.6. The second-order valence-corrected chi connectivity index (χ2v) is 7.49. The number of aliphatic imine (C=N–C) groups is 1. The first-order valence-corrected chi connectivity index (χ1v) is 10.3. The van der Waals surface area contributed by atoms with E-state index >= 15 is 0 Å². The molecule has 31 heavy (non-hydrogen) atoms. The Labute approximate surface area is 198 Å². The fourth-order valence-electron chi connectivity index (χ4n) is 3.88. The lowest BCUT2D eigenvalue weighted by molar-refractivity contribution is 0.0513. The van der Waals surface area contributed by atoms with Gasteiger partial charge < -0.3 is 15.4 Å². The Balaban J connectivity index is 0.00000272. The van der Waals surface area contributed by atoms with Crippen molar-refractivity contribution in [2.24, 2.45) is 4.99 Å². The molecule has 0 saturated carbocycles. The van der Waals surface area contributed by atoms with Crippen LogP contribution in [0, 0.1) is 5.82 Å². The Hall–Kier alpha value is -2.27. The van der Waals surface area contributed by atoms with E-state index in [1.807, 2.05) is 47.9 Å². The molecule has 7 nitrogen and oxygen atoms in total. The zero-order valence-electron chi connectivity index (χ0n) is 17.6. The van der Waals surface area contributed by atoms with Gasteiger partial charge in [0.25, 0.3) is 0 Å². The molecule has 1 aliphatic rings. The van der Waals surface area contributed by atoms with E-state index in [2.05, 4.69) is 20.8 Å². The number of hydrogen-bond acceptors (Lipinski definition) is 4. The van der Waals surface area contributed by atoms with Crippen molar-refractivity contribution >= 4 is 35.6 Å². The maximum atomic E-state index is 13.5. The fraction of sp³-hybridized carbons (Fsp3) is 0.409. The number of ether oxygens (including phenoxy) is 1. The molecule has 2 aromatic heterocycles. The first-order chi connectivity index (χ1) is 14.7. The lowest BCUT2D eigenvalue weighted by Gasteiger charge is -2.38. The third-order valence-corrected chi connectivity index (χ3v) is 5.61. The summed E-state index contributed by atoms with van der Waals surface area (Å²) >= 11 is 0. The topological polar surface area (TPSA) is 75.8 Å². The lowest BCUT2D eigenvalue weighted by atomic mass is 9.74. The monoisotopic (exact) mass is 538 g/mol. The summed E-state index contributed by atoms with van der Waals surface area (Å²) in [6.45, 7) is 5.27. The molecule has 3 aromatic rings. The van der Waals surface area contributed by atoms with Crippen LogP contribution in [-0.4, -0.2) is 46.9 Å². The van der Waals surface area contributed by atoms with Gasteiger partial charge >= 0.3 is 0 Å². The van der Waals surface area contributed by atoms with Gasteiger partial charge in [0, 0.05) is 37.9 Å². The maximum Gasteiger partial charge on any atom is 0.191 e. The standard InChI is InChI=1S/C22H27FN6O.HI/c1-2-24-21(25-15-20-28-27-19-5-3-4-12-29(19)20)26-16-22(10-13-30-14-11-22)17-6-8-18(23)9-7-17;/h3-9,12H,2,10-11,13-16H2,1H3,(H2,24,25,26);1H. The van der Waals surface area contributed by atoms with Gasteiger partial charge in [-0.05, 0) is 49.6 Å². The zero-order valence-corrected chi connectivity index (χ0v) is 19.9. The number of pyridine rings is 1. The van der Waals surface area contributed by atoms with Crippen LogP contribution in [0.15, 0.2) is 53.7 Å². The molecule has 0 aliphatic carbocycles. The summed E-state index contributed by atoms with van der Waals surface area (Å²) in [5, 5.41) is 15.2. The number of halogens is 2. The van der Waals surface area contributed by atoms with Crippen LogP contribution in [0.3, 0.4) is 0 Å². The molecule has 9 heteroatoms. The van der Waals surface area contributed by atoms with Crippen molar-refractivity contribution in [2.45, 2.75) is 31.7 Å². The minimum Gasteiger partial charge on any atom is -0.381 e. The van der Waals surface area contributed by atoms with Crippen molar-refractivity contribution in [2.75, 3.05) is 26.3 Å². The van der Waals surface area contributed by atoms with Crippen LogP contribution >= 0.6 is 24.0 Å². The van der Waals surface area contributed by atoms with Crippen molar-refractivity contribution < 1.29 is 9.13 Å². The number of benzene rings is 1. The summed E-state index contributed by atoms with van der Waals surface area (Å²) in [7, 11) is 0. The molecule has 0 radical (unpaired) electrons. The second-order valence-electron chi connectivity index (χ2n) is 7.49. The van der Waals surface area contributed by atoms with Gasteiger partial charge in [-0.2, -0.15) is 0 Å². The van der Waals surface area contributed by atoms with Crippen molar-refractivity contribution in [1.82, 2.24) is 25.2 Å². The first kappa shape index (κ1) is 23.4. The molecular formula is C22H28FIN6O. The number of nitrogens with one attached hydrogen (secondary N) is 2. The molecule has 0 spiro atoms. The summed E-state index contributed by atoms with van der Waals surface area (Å²) in [4.78, 5) is 4.71. The molecule has 166 valence electrons. The average Bonchev–Trinajstić information content (AvgIpc) is 3.20. The quantitative estimate of drug-likeness (QED) is 0.286. The van der Waals surface area contributed by atoms with E-state index in [0.29, 0.717) is 26.3 Å². The van der Waals surface area contributed by atoms with Crippen LogP contribution in [0.1, 0.15) is 31.2 Å². The highest BCUT2D eigenvalue weighted by molar-refractivity contribution is 14.0. The van der Waals surface area contributed by atoms with Crippen LogP contribution in [0.2, 0.25) is 0 Å². The molecule has 0 amide bonds. The van der Waals surface area contributed by atoms with Crippen LogP contribution in [-0.2, 0) is 16.7 Å². The molecule has 2 N–H and O–H groups in total. The maximum absolute atomic E-state index is 13.5. The summed E-state index contributed by atoms with van der Waals surface area (Å²) in [5.41, 5.74) is 1.81. The molecule has 4 rings (SSSR count). The van der Waals surface area contributed by atoms with E-state index in [-0.39, 0.29) is 35.2 Å². The second kappa shape index (κ2) is 10.9. The fourth-order valence-corrected chi connectivity index (χ4v) is 3.88. The molecule has 0 unspecified atom stereocenters. The van der Waals surface area contributed by atoms with Gasteiger partial charge in [-0.25, -0.2) is 9.38 Å². The van der Waals surface area contributed by atoms with Crippen LogP contribution in [0.25, 0.3) is 5.65 Å². The van der Waals surface area contributed by atoms with Crippen LogP contribution < -0.4 is 10.6 Å². The van der Waals surface area contributed by atoms with Crippen molar-refractivity contribution in [3.05, 3.63) is 65.9 Å². The highest BCUT2D eigenvalue weighted by Gasteiger charge is 2.34. The highest BCUT2D eigenvalue weighted by atomic mass is 127. The summed E-state index contributed by atoms with van der Waals surface area (Å²) in [6.07, 6.45) is 3.69. The molecule has 0 bridgehead atoms. The largest absolute Gasteiger partial charge is 0.381 e.